The molecule has 1 rings (SSSR count). The van der Waals surface area contributed by atoms with E-state index >= 15 is 0 Å². The van der Waals surface area contributed by atoms with Gasteiger partial charge in [0.15, 0.2) is 0 Å². The summed E-state index contributed by atoms with van der Waals surface area (Å²) in [5.41, 5.74) is 1.14. The van der Waals surface area contributed by atoms with E-state index in [4.69, 9.17) is 9.84 Å². The number of nitrogens with one attached hydrogen (secondary N) is 1. The molecule has 0 spiro atoms. The topological polar surface area (TPSA) is 75.6 Å². The molecule has 1 amide bonds. The first-order valence-electron chi connectivity index (χ1n) is 6.64. The highest BCUT2D eigenvalue weighted by atomic mass is 16.5. The van der Waals surface area contributed by atoms with Crippen molar-refractivity contribution < 1.29 is 19.4 Å². The summed E-state index contributed by atoms with van der Waals surface area (Å²) < 4.78 is 5.25. The molecular weight excluding hydrogens is 258 g/mol. The van der Waals surface area contributed by atoms with Gasteiger partial charge in [-0.05, 0) is 17.9 Å². The fraction of sp³-hybridized carbons (Fsp3) is 0.467. The third kappa shape index (κ3) is 5.84. The van der Waals surface area contributed by atoms with E-state index < -0.39 is 17.9 Å². The quantitative estimate of drug-likeness (QED) is 0.707. The van der Waals surface area contributed by atoms with Gasteiger partial charge < -0.3 is 15.2 Å². The Bertz CT molecular complexity index is 431. The molecule has 5 heteroatoms. The molecule has 20 heavy (non-hydrogen) atoms. The highest BCUT2D eigenvalue weighted by Gasteiger charge is 2.23. The molecule has 0 fully saturated rings. The Morgan fingerprint density at radius 1 is 1.25 bits per heavy atom. The minimum atomic E-state index is -1.03. The maximum absolute atomic E-state index is 11.6. The second kappa shape index (κ2) is 8.32. The highest BCUT2D eigenvalue weighted by Crippen LogP contribution is 2.02. The number of hydrogen-bond acceptors (Lipinski definition) is 3. The van der Waals surface area contributed by atoms with Crippen LogP contribution in [-0.4, -0.2) is 36.2 Å². The van der Waals surface area contributed by atoms with Crippen molar-refractivity contribution in [1.82, 2.24) is 5.32 Å². The molecule has 0 aromatic heterocycles. The van der Waals surface area contributed by atoms with Crippen molar-refractivity contribution in [2.24, 2.45) is 5.92 Å². The molecule has 110 valence electrons. The molecule has 0 aliphatic rings. The lowest BCUT2D eigenvalue weighted by Gasteiger charge is -2.17. The number of carboxylic acid groups (broad SMARTS) is 1. The van der Waals surface area contributed by atoms with Gasteiger partial charge in [-0.3, -0.25) is 4.79 Å². The van der Waals surface area contributed by atoms with Crippen LogP contribution >= 0.6 is 0 Å². The SMILES string of the molecule is CC(C)C(NC(=O)COCCc1ccccc1)C(=O)O. The zero-order chi connectivity index (χ0) is 15.0. The van der Waals surface area contributed by atoms with Crippen LogP contribution in [0.3, 0.4) is 0 Å². The summed E-state index contributed by atoms with van der Waals surface area (Å²) in [5.74, 6) is -1.60. The molecule has 0 bridgehead atoms. The van der Waals surface area contributed by atoms with E-state index in [1.165, 1.54) is 0 Å². The second-order valence-corrected chi connectivity index (χ2v) is 4.92. The summed E-state index contributed by atoms with van der Waals surface area (Å²) in [4.78, 5) is 22.5. The second-order valence-electron chi connectivity index (χ2n) is 4.92. The van der Waals surface area contributed by atoms with Crippen LogP contribution in [0.1, 0.15) is 19.4 Å². The van der Waals surface area contributed by atoms with Crippen LogP contribution in [0.5, 0.6) is 0 Å². The fourth-order valence-electron chi connectivity index (χ4n) is 1.73. The molecule has 1 atom stereocenters. The number of aliphatic carboxylic acids is 1. The summed E-state index contributed by atoms with van der Waals surface area (Å²) in [6.45, 7) is 3.80. The number of amides is 1. The Morgan fingerprint density at radius 2 is 1.90 bits per heavy atom. The van der Waals surface area contributed by atoms with Crippen molar-refractivity contribution in [2.75, 3.05) is 13.2 Å². The molecule has 0 saturated heterocycles. The average molecular weight is 279 g/mol. The van der Waals surface area contributed by atoms with E-state index in [2.05, 4.69) is 5.32 Å². The normalized spacial score (nSPS) is 12.2. The number of carbonyl (C=O) groups is 2. The highest BCUT2D eigenvalue weighted by molar-refractivity contribution is 5.84. The Balaban J connectivity index is 2.24. The summed E-state index contributed by atoms with van der Waals surface area (Å²) in [7, 11) is 0. The first-order chi connectivity index (χ1) is 9.50. The van der Waals surface area contributed by atoms with Crippen LogP contribution in [-0.2, 0) is 20.7 Å². The van der Waals surface area contributed by atoms with E-state index in [-0.39, 0.29) is 12.5 Å². The van der Waals surface area contributed by atoms with Gasteiger partial charge in [0.25, 0.3) is 0 Å². The van der Waals surface area contributed by atoms with Gasteiger partial charge in [0.1, 0.15) is 12.6 Å². The zero-order valence-electron chi connectivity index (χ0n) is 11.8. The third-order valence-electron chi connectivity index (χ3n) is 2.86. The molecule has 0 aliphatic heterocycles. The van der Waals surface area contributed by atoms with E-state index in [9.17, 15) is 9.59 Å². The van der Waals surface area contributed by atoms with Gasteiger partial charge in [0.2, 0.25) is 5.91 Å². The van der Waals surface area contributed by atoms with Crippen molar-refractivity contribution in [3.05, 3.63) is 35.9 Å². The van der Waals surface area contributed by atoms with Crippen LogP contribution in [0.4, 0.5) is 0 Å². The van der Waals surface area contributed by atoms with Gasteiger partial charge in [-0.2, -0.15) is 0 Å². The smallest absolute Gasteiger partial charge is 0.326 e. The van der Waals surface area contributed by atoms with Crippen LogP contribution in [0.25, 0.3) is 0 Å². The van der Waals surface area contributed by atoms with Gasteiger partial charge in [0, 0.05) is 0 Å². The van der Waals surface area contributed by atoms with Crippen LogP contribution in [0.2, 0.25) is 0 Å². The fourth-order valence-corrected chi connectivity index (χ4v) is 1.73. The third-order valence-corrected chi connectivity index (χ3v) is 2.86. The van der Waals surface area contributed by atoms with Crippen molar-refractivity contribution >= 4 is 11.9 Å². The largest absolute Gasteiger partial charge is 0.480 e. The van der Waals surface area contributed by atoms with Crippen molar-refractivity contribution in [2.45, 2.75) is 26.3 Å². The Hall–Kier alpha value is -1.88. The van der Waals surface area contributed by atoms with Crippen LogP contribution < -0.4 is 5.32 Å². The van der Waals surface area contributed by atoms with Gasteiger partial charge >= 0.3 is 5.97 Å². The molecule has 5 nitrogen and oxygen atoms in total. The van der Waals surface area contributed by atoms with Gasteiger partial charge in [-0.1, -0.05) is 44.2 Å². The molecule has 1 aromatic rings. The molecule has 2 N–H and O–H groups in total. The van der Waals surface area contributed by atoms with Crippen molar-refractivity contribution in [3.8, 4) is 0 Å². The minimum absolute atomic E-state index is 0.122. The molecule has 0 radical (unpaired) electrons. The predicted molar refractivity (Wildman–Crippen MR) is 75.4 cm³/mol. The molecule has 0 aliphatic carbocycles. The molecule has 0 saturated carbocycles. The summed E-state index contributed by atoms with van der Waals surface area (Å²) in [5, 5.41) is 11.4. The predicted octanol–water partition coefficient (Wildman–Crippen LogP) is 1.47. The Labute approximate surface area is 118 Å². The lowest BCUT2D eigenvalue weighted by Crippen LogP contribution is -2.45. The van der Waals surface area contributed by atoms with Crippen molar-refractivity contribution in [3.63, 3.8) is 0 Å². The number of carbonyl (C=O) groups excluding carboxylic acids is 1. The Morgan fingerprint density at radius 3 is 2.45 bits per heavy atom. The van der Waals surface area contributed by atoms with E-state index in [0.717, 1.165) is 12.0 Å². The number of rotatable bonds is 8. The minimum Gasteiger partial charge on any atom is -0.480 e. The van der Waals surface area contributed by atoms with Crippen LogP contribution in [0.15, 0.2) is 30.3 Å². The van der Waals surface area contributed by atoms with Crippen molar-refractivity contribution in [1.29, 1.82) is 0 Å². The van der Waals surface area contributed by atoms with Gasteiger partial charge in [-0.15, -0.1) is 0 Å². The first-order valence-corrected chi connectivity index (χ1v) is 6.64. The molecule has 1 unspecified atom stereocenters. The summed E-state index contributed by atoms with van der Waals surface area (Å²) in [6.07, 6.45) is 0.723. The van der Waals surface area contributed by atoms with Crippen LogP contribution in [0, 0.1) is 5.92 Å². The lowest BCUT2D eigenvalue weighted by molar-refractivity contribution is -0.143. The summed E-state index contributed by atoms with van der Waals surface area (Å²) in [6, 6.07) is 8.94. The zero-order valence-corrected chi connectivity index (χ0v) is 11.8. The maximum atomic E-state index is 11.6. The molecular formula is C15H21NO4. The molecule has 1 aromatic carbocycles. The van der Waals surface area contributed by atoms with Gasteiger partial charge in [0.05, 0.1) is 6.61 Å². The first kappa shape index (κ1) is 16.2. The maximum Gasteiger partial charge on any atom is 0.326 e. The average Bonchev–Trinajstić information content (AvgIpc) is 2.41. The number of benzene rings is 1. The summed E-state index contributed by atoms with van der Waals surface area (Å²) >= 11 is 0. The Kier molecular flexibility index (Phi) is 6.73. The van der Waals surface area contributed by atoms with E-state index in [1.54, 1.807) is 13.8 Å². The molecule has 0 heterocycles. The van der Waals surface area contributed by atoms with Gasteiger partial charge in [-0.25, -0.2) is 4.79 Å². The standard InChI is InChI=1S/C15H21NO4/c1-11(2)14(15(18)19)16-13(17)10-20-9-8-12-6-4-3-5-7-12/h3-7,11,14H,8-10H2,1-2H3,(H,16,17)(H,18,19). The van der Waals surface area contributed by atoms with E-state index in [1.807, 2.05) is 30.3 Å². The number of carboxylic acids is 1. The monoisotopic (exact) mass is 279 g/mol. The van der Waals surface area contributed by atoms with E-state index in [0.29, 0.717) is 6.61 Å². The number of hydrogen-bond donors (Lipinski definition) is 2. The lowest BCUT2D eigenvalue weighted by atomic mass is 10.1. The number of ether oxygens (including phenoxy) is 1.